The van der Waals surface area contributed by atoms with Crippen LogP contribution in [0.5, 0.6) is 5.75 Å². The molecular formula is C32H32Cl3FN4O4. The summed E-state index contributed by atoms with van der Waals surface area (Å²) in [4.78, 5) is 43.6. The van der Waals surface area contributed by atoms with Gasteiger partial charge in [0.2, 0.25) is 11.8 Å². The van der Waals surface area contributed by atoms with Gasteiger partial charge in [0.25, 0.3) is 0 Å². The van der Waals surface area contributed by atoms with Crippen molar-refractivity contribution in [3.8, 4) is 5.75 Å². The van der Waals surface area contributed by atoms with E-state index in [-0.39, 0.29) is 52.6 Å². The zero-order chi connectivity index (χ0) is 31.3. The number of hydrogen-bond acceptors (Lipinski definition) is 4. The van der Waals surface area contributed by atoms with Crippen LogP contribution in [0.25, 0.3) is 0 Å². The first-order valence-electron chi connectivity index (χ1n) is 14.5. The highest BCUT2D eigenvalue weighted by atomic mass is 35.5. The molecule has 4 amide bonds. The smallest absolute Gasteiger partial charge is 0.319 e. The number of halogens is 4. The minimum absolute atomic E-state index is 0.00160. The first-order chi connectivity index (χ1) is 21.0. The summed E-state index contributed by atoms with van der Waals surface area (Å²) in [7, 11) is 3.40. The van der Waals surface area contributed by atoms with Crippen molar-refractivity contribution in [1.82, 2.24) is 15.1 Å². The van der Waals surface area contributed by atoms with Crippen LogP contribution in [0, 0.1) is 17.7 Å². The molecule has 2 saturated heterocycles. The molecule has 0 aromatic heterocycles. The maximum Gasteiger partial charge on any atom is 0.319 e. The first-order valence-corrected chi connectivity index (χ1v) is 15.7. The number of piperidine rings is 2. The summed E-state index contributed by atoms with van der Waals surface area (Å²) < 4.78 is 22.8. The molecule has 2 aromatic rings. The number of urea groups is 1. The van der Waals surface area contributed by atoms with Crippen molar-refractivity contribution in [2.75, 3.05) is 32.5 Å². The highest BCUT2D eigenvalue weighted by molar-refractivity contribution is 6.31. The third kappa shape index (κ3) is 5.22. The number of allylic oxidation sites excluding steroid dienone is 4. The van der Waals surface area contributed by atoms with Gasteiger partial charge in [0, 0.05) is 62.2 Å². The Balaban J connectivity index is 1.46. The van der Waals surface area contributed by atoms with Gasteiger partial charge in [-0.05, 0) is 54.2 Å². The number of ether oxygens (including phenoxy) is 1. The van der Waals surface area contributed by atoms with Crippen molar-refractivity contribution in [3.63, 3.8) is 0 Å². The molecule has 12 heteroatoms. The van der Waals surface area contributed by atoms with Gasteiger partial charge < -0.3 is 25.2 Å². The maximum absolute atomic E-state index is 16.4. The minimum atomic E-state index is -1.44. The largest absolute Gasteiger partial charge is 0.490 e. The van der Waals surface area contributed by atoms with Crippen LogP contribution in [0.4, 0.5) is 14.9 Å². The summed E-state index contributed by atoms with van der Waals surface area (Å²) >= 11 is 19.2. The fraction of sp³-hybridized carbons (Fsp3) is 0.406. The molecular weight excluding hydrogens is 630 g/mol. The van der Waals surface area contributed by atoms with Gasteiger partial charge in [-0.1, -0.05) is 53.0 Å². The summed E-state index contributed by atoms with van der Waals surface area (Å²) in [5, 5.41) is 6.80. The minimum Gasteiger partial charge on any atom is -0.490 e. The number of carbonyl (C=O) groups is 3. The van der Waals surface area contributed by atoms with Crippen LogP contribution in [-0.2, 0) is 15.0 Å². The molecule has 3 heterocycles. The Labute approximate surface area is 270 Å². The van der Waals surface area contributed by atoms with Gasteiger partial charge in [-0.3, -0.25) is 9.59 Å². The van der Waals surface area contributed by atoms with Gasteiger partial charge in [-0.25, -0.2) is 9.18 Å². The Hall–Kier alpha value is -3.27. The lowest BCUT2D eigenvalue weighted by molar-refractivity contribution is -0.135. The number of carbonyl (C=O) groups excluding carboxylic acids is 3. The van der Waals surface area contributed by atoms with E-state index < -0.39 is 23.2 Å². The van der Waals surface area contributed by atoms with Crippen molar-refractivity contribution in [2.45, 2.75) is 43.2 Å². The topological polar surface area (TPSA) is 91.0 Å². The van der Waals surface area contributed by atoms with Crippen molar-refractivity contribution < 1.29 is 23.5 Å². The number of anilines is 1. The van der Waals surface area contributed by atoms with Crippen LogP contribution in [0.2, 0.25) is 10.0 Å². The number of hydrogen-bond donors (Lipinski definition) is 2. The average Bonchev–Trinajstić information content (AvgIpc) is 3.27. The van der Waals surface area contributed by atoms with Crippen LogP contribution < -0.4 is 15.4 Å². The van der Waals surface area contributed by atoms with Crippen LogP contribution in [0.1, 0.15) is 42.9 Å². The zero-order valence-corrected chi connectivity index (χ0v) is 26.5. The number of nitrogens with one attached hydrogen (secondary N) is 2. The third-order valence-electron chi connectivity index (χ3n) is 9.15. The van der Waals surface area contributed by atoms with Crippen molar-refractivity contribution in [3.05, 3.63) is 80.6 Å². The zero-order valence-electron chi connectivity index (χ0n) is 24.2. The maximum atomic E-state index is 16.4. The summed E-state index contributed by atoms with van der Waals surface area (Å²) in [6.45, 7) is 0.941. The fourth-order valence-electron chi connectivity index (χ4n) is 7.17. The van der Waals surface area contributed by atoms with E-state index in [0.717, 1.165) is 0 Å². The molecule has 1 aliphatic carbocycles. The van der Waals surface area contributed by atoms with E-state index in [1.165, 1.54) is 11.0 Å². The Kier molecular flexibility index (Phi) is 8.32. The van der Waals surface area contributed by atoms with E-state index in [1.807, 2.05) is 12.2 Å². The predicted octanol–water partition coefficient (Wildman–Crippen LogP) is 6.42. The van der Waals surface area contributed by atoms with Gasteiger partial charge in [-0.15, -0.1) is 0 Å². The molecule has 8 nitrogen and oxygen atoms in total. The summed E-state index contributed by atoms with van der Waals surface area (Å²) in [5.74, 6) is -2.19. The lowest BCUT2D eigenvalue weighted by atomic mass is 9.56. The molecule has 4 aliphatic rings. The highest BCUT2D eigenvalue weighted by Crippen LogP contribution is 2.59. The fourth-order valence-corrected chi connectivity index (χ4v) is 7.76. The van der Waals surface area contributed by atoms with Crippen molar-refractivity contribution in [2.24, 2.45) is 11.8 Å². The Bertz CT molecular complexity index is 1590. The van der Waals surface area contributed by atoms with Gasteiger partial charge in [0.1, 0.15) is 17.3 Å². The lowest BCUT2D eigenvalue weighted by Gasteiger charge is -2.49. The molecule has 0 bridgehead atoms. The summed E-state index contributed by atoms with van der Waals surface area (Å²) in [5.41, 5.74) is -0.343. The number of nitrogens with zero attached hydrogens (tertiary/aromatic N) is 2. The monoisotopic (exact) mass is 660 g/mol. The molecule has 3 aliphatic heterocycles. The molecule has 4 atom stereocenters. The number of likely N-dealkylation sites (tertiary alicyclic amines) is 1. The average molecular weight is 662 g/mol. The second kappa shape index (κ2) is 11.9. The number of rotatable bonds is 4. The molecule has 0 saturated carbocycles. The molecule has 232 valence electrons. The highest BCUT2D eigenvalue weighted by Gasteiger charge is 2.63. The lowest BCUT2D eigenvalue weighted by Crippen LogP contribution is -2.59. The van der Waals surface area contributed by atoms with Gasteiger partial charge >= 0.3 is 6.03 Å². The number of amides is 4. The molecule has 2 fully saturated rings. The Morgan fingerprint density at radius 1 is 1.09 bits per heavy atom. The molecule has 0 radical (unpaired) electrons. The van der Waals surface area contributed by atoms with Gasteiger partial charge in [0.05, 0.1) is 16.6 Å². The Morgan fingerprint density at radius 2 is 1.84 bits per heavy atom. The summed E-state index contributed by atoms with van der Waals surface area (Å²) in [6.07, 6.45) is 6.70. The SMILES string of the molecule is CN(C)C(=O)N1CCC(Oc2ccc(Cl)c(F)c2[C@H]2NC(=O)C[C@@H](C3C=CC=C(Cl)C3)[C@]23C(=O)Nc2cc(Cl)ccc23)CC1. The van der Waals surface area contributed by atoms with Crippen LogP contribution in [0.15, 0.2) is 53.6 Å². The third-order valence-corrected chi connectivity index (χ3v) is 9.96. The molecule has 44 heavy (non-hydrogen) atoms. The van der Waals surface area contributed by atoms with E-state index in [9.17, 15) is 14.4 Å². The molecule has 1 spiro atoms. The predicted molar refractivity (Wildman–Crippen MR) is 168 cm³/mol. The van der Waals surface area contributed by atoms with E-state index in [0.29, 0.717) is 53.7 Å². The van der Waals surface area contributed by atoms with E-state index >= 15 is 4.39 Å². The van der Waals surface area contributed by atoms with Gasteiger partial charge in [-0.2, -0.15) is 0 Å². The van der Waals surface area contributed by atoms with Crippen molar-refractivity contribution in [1.29, 1.82) is 0 Å². The quantitative estimate of drug-likeness (QED) is 0.396. The molecule has 6 rings (SSSR count). The molecule has 2 N–H and O–H groups in total. The van der Waals surface area contributed by atoms with Crippen LogP contribution in [0.3, 0.4) is 0 Å². The Morgan fingerprint density at radius 3 is 2.55 bits per heavy atom. The second-order valence-electron chi connectivity index (χ2n) is 11.9. The van der Waals surface area contributed by atoms with Crippen molar-refractivity contribution >= 4 is 58.3 Å². The van der Waals surface area contributed by atoms with Crippen LogP contribution in [-0.4, -0.2) is 60.9 Å². The molecule has 2 aromatic carbocycles. The van der Waals surface area contributed by atoms with E-state index in [1.54, 1.807) is 49.3 Å². The summed E-state index contributed by atoms with van der Waals surface area (Å²) in [6, 6.07) is 6.84. The molecule has 1 unspecified atom stereocenters. The standard InChI is InChI=1S/C32H32Cl3FN4O4/c1-39(2)31(43)40-12-10-20(11-13-40)44-25-9-8-23(35)28(36)27(25)29-32(21-7-6-19(34)15-24(21)37-30(32)42)22(16-26(41)38-29)17-4-3-5-18(33)14-17/h3-9,15,17,20,22,29H,10-14,16H2,1-2H3,(H,37,42)(H,38,41)/t17?,22-,29+,32-/m0/s1. The number of benzene rings is 2. The van der Waals surface area contributed by atoms with E-state index in [4.69, 9.17) is 39.5 Å². The van der Waals surface area contributed by atoms with E-state index in [2.05, 4.69) is 10.6 Å². The first kappa shape index (κ1) is 30.7. The van der Waals surface area contributed by atoms with Gasteiger partial charge in [0.15, 0.2) is 5.82 Å². The number of fused-ring (bicyclic) bond motifs is 2. The normalized spacial score (nSPS) is 26.6. The second-order valence-corrected chi connectivity index (χ2v) is 13.3. The van der Waals surface area contributed by atoms with Crippen LogP contribution >= 0.6 is 34.8 Å².